The Hall–Kier alpha value is -3.35. The Balaban J connectivity index is 1.22. The molecule has 0 bridgehead atoms. The highest BCUT2D eigenvalue weighted by molar-refractivity contribution is 5.70. The van der Waals surface area contributed by atoms with Gasteiger partial charge in [0.25, 0.3) is 0 Å². The van der Waals surface area contributed by atoms with E-state index in [4.69, 9.17) is 9.57 Å². The molecule has 3 aromatic rings. The number of rotatable bonds is 6. The summed E-state index contributed by atoms with van der Waals surface area (Å²) in [6, 6.07) is 15.3. The summed E-state index contributed by atoms with van der Waals surface area (Å²) >= 11 is 0. The molecule has 2 aromatic heterocycles. The highest BCUT2D eigenvalue weighted by Gasteiger charge is 2.24. The highest BCUT2D eigenvalue weighted by atomic mass is 16.7. The maximum absolute atomic E-state index is 12.4. The van der Waals surface area contributed by atoms with E-state index in [0.29, 0.717) is 31.4 Å². The van der Waals surface area contributed by atoms with Gasteiger partial charge in [0.15, 0.2) is 0 Å². The van der Waals surface area contributed by atoms with Crippen molar-refractivity contribution in [2.45, 2.75) is 19.3 Å². The van der Waals surface area contributed by atoms with Crippen molar-refractivity contribution < 1.29 is 14.4 Å². The van der Waals surface area contributed by atoms with Crippen LogP contribution in [0.3, 0.4) is 0 Å². The zero-order valence-corrected chi connectivity index (χ0v) is 16.2. The van der Waals surface area contributed by atoms with Crippen LogP contribution in [-0.2, 0) is 6.42 Å². The van der Waals surface area contributed by atoms with Crippen molar-refractivity contribution >= 4 is 6.09 Å². The number of aromatic nitrogens is 3. The van der Waals surface area contributed by atoms with Gasteiger partial charge < -0.3 is 14.5 Å². The fourth-order valence-electron chi connectivity index (χ4n) is 3.35. The number of hydrogen-bond acceptors (Lipinski definition) is 5. The summed E-state index contributed by atoms with van der Waals surface area (Å²) in [6.07, 6.45) is 7.48. The third-order valence-corrected chi connectivity index (χ3v) is 5.04. The molecule has 7 heteroatoms. The monoisotopic (exact) mass is 392 g/mol. The predicted molar refractivity (Wildman–Crippen MR) is 107 cm³/mol. The van der Waals surface area contributed by atoms with E-state index in [1.54, 1.807) is 23.5 Å². The Bertz CT molecular complexity index is 890. The fraction of sp³-hybridized carbons (Fsp3) is 0.318. The van der Waals surface area contributed by atoms with Crippen molar-refractivity contribution in [3.05, 3.63) is 78.4 Å². The van der Waals surface area contributed by atoms with Crippen molar-refractivity contribution in [3.63, 3.8) is 0 Å². The zero-order valence-electron chi connectivity index (χ0n) is 16.2. The van der Waals surface area contributed by atoms with Crippen LogP contribution in [0.1, 0.15) is 24.1 Å². The smallest absolute Gasteiger partial charge is 0.410 e. The van der Waals surface area contributed by atoms with Crippen LogP contribution in [-0.4, -0.2) is 45.6 Å². The minimum Gasteiger partial charge on any atom is -0.410 e. The number of carbonyl (C=O) groups excluding carboxylic acids is 1. The van der Waals surface area contributed by atoms with Gasteiger partial charge in [0.05, 0.1) is 12.4 Å². The van der Waals surface area contributed by atoms with Crippen LogP contribution >= 0.6 is 0 Å². The van der Waals surface area contributed by atoms with Gasteiger partial charge in [-0.3, -0.25) is 4.98 Å². The molecule has 0 N–H and O–H groups in total. The molecule has 0 spiro atoms. The van der Waals surface area contributed by atoms with Crippen molar-refractivity contribution in [2.75, 3.05) is 19.7 Å². The summed E-state index contributed by atoms with van der Waals surface area (Å²) in [5, 5.41) is 4.03. The van der Waals surface area contributed by atoms with E-state index in [0.717, 1.165) is 30.5 Å². The number of amides is 1. The van der Waals surface area contributed by atoms with Crippen LogP contribution in [0, 0.1) is 5.92 Å². The van der Waals surface area contributed by atoms with E-state index in [-0.39, 0.29) is 6.09 Å². The van der Waals surface area contributed by atoms with Gasteiger partial charge in [0.2, 0.25) is 0 Å². The number of ether oxygens (including phenoxy) is 1. The van der Waals surface area contributed by atoms with Crippen LogP contribution in [0.4, 0.5) is 4.79 Å². The van der Waals surface area contributed by atoms with Gasteiger partial charge >= 0.3 is 6.09 Å². The van der Waals surface area contributed by atoms with Crippen LogP contribution < -0.4 is 9.57 Å². The second kappa shape index (κ2) is 9.23. The first-order chi connectivity index (χ1) is 14.3. The molecule has 29 heavy (non-hydrogen) atoms. The lowest BCUT2D eigenvalue weighted by Gasteiger charge is -2.30. The molecular formula is C22H24N4O3. The summed E-state index contributed by atoms with van der Waals surface area (Å²) < 4.78 is 5.54. The second-order valence-electron chi connectivity index (χ2n) is 7.14. The molecule has 0 saturated carbocycles. The molecule has 1 aliphatic rings. The predicted octanol–water partition coefficient (Wildman–Crippen LogP) is 3.21. The lowest BCUT2D eigenvalue weighted by Crippen LogP contribution is -2.41. The minimum atomic E-state index is -0.297. The number of likely N-dealkylation sites (tertiary alicyclic amines) is 1. The molecule has 150 valence electrons. The molecule has 0 aliphatic carbocycles. The number of hydrogen-bond donors (Lipinski definition) is 0. The van der Waals surface area contributed by atoms with Gasteiger partial charge in [-0.1, -0.05) is 18.2 Å². The molecule has 0 radical (unpaired) electrons. The first kappa shape index (κ1) is 19.0. The minimum absolute atomic E-state index is 0.297. The van der Waals surface area contributed by atoms with Crippen LogP contribution in [0.15, 0.2) is 67.1 Å². The first-order valence-electron chi connectivity index (χ1n) is 9.85. The maximum Gasteiger partial charge on any atom is 0.415 e. The molecule has 0 unspecified atom stereocenters. The van der Waals surface area contributed by atoms with E-state index < -0.39 is 0 Å². The Labute approximate surface area is 169 Å². The molecule has 4 rings (SSSR count). The van der Waals surface area contributed by atoms with E-state index >= 15 is 0 Å². The summed E-state index contributed by atoms with van der Waals surface area (Å²) in [7, 11) is 0. The van der Waals surface area contributed by atoms with Gasteiger partial charge in [-0.2, -0.15) is 0 Å². The summed E-state index contributed by atoms with van der Waals surface area (Å²) in [5.41, 5.74) is 2.14. The molecule has 0 atom stereocenters. The van der Waals surface area contributed by atoms with Gasteiger partial charge in [-0.05, 0) is 54.7 Å². The van der Waals surface area contributed by atoms with Crippen molar-refractivity contribution in [1.29, 1.82) is 0 Å². The van der Waals surface area contributed by atoms with Gasteiger partial charge in [-0.25, -0.2) is 4.79 Å². The SMILES string of the molecule is O=C(Oc1ccc(Cc2ccccn2)cc1)N1CCC(COn2cccn2)CC1. The third kappa shape index (κ3) is 5.34. The van der Waals surface area contributed by atoms with Crippen LogP contribution in [0.2, 0.25) is 0 Å². The average molecular weight is 392 g/mol. The maximum atomic E-state index is 12.4. The van der Waals surface area contributed by atoms with E-state index in [1.165, 1.54) is 4.85 Å². The number of nitrogens with zero attached hydrogens (tertiary/aromatic N) is 4. The number of pyridine rings is 1. The normalized spacial score (nSPS) is 14.6. The standard InChI is InChI=1S/C22H24N4O3/c27-22(25-14-9-19(10-15-25)17-28-26-13-3-12-24-26)29-21-7-5-18(6-8-21)16-20-4-1-2-11-23-20/h1-8,11-13,19H,9-10,14-17H2. The lowest BCUT2D eigenvalue weighted by molar-refractivity contribution is 0.0366. The molecule has 1 amide bonds. The summed E-state index contributed by atoms with van der Waals surface area (Å²) in [6.45, 7) is 1.94. The number of benzene rings is 1. The molecule has 1 aliphatic heterocycles. The molecule has 3 heterocycles. The van der Waals surface area contributed by atoms with E-state index in [9.17, 15) is 4.79 Å². The quantitative estimate of drug-likeness (QED) is 0.644. The Kier molecular flexibility index (Phi) is 6.04. The Morgan fingerprint density at radius 2 is 1.86 bits per heavy atom. The first-order valence-corrected chi connectivity index (χ1v) is 9.85. The zero-order chi connectivity index (χ0) is 19.9. The van der Waals surface area contributed by atoms with Crippen LogP contribution in [0.5, 0.6) is 5.75 Å². The number of carbonyl (C=O) groups is 1. The summed E-state index contributed by atoms with van der Waals surface area (Å²) in [5.74, 6) is 0.970. The van der Waals surface area contributed by atoms with E-state index in [1.807, 2.05) is 48.5 Å². The van der Waals surface area contributed by atoms with Gasteiger partial charge in [-0.15, -0.1) is 9.94 Å². The van der Waals surface area contributed by atoms with Gasteiger partial charge in [0.1, 0.15) is 12.4 Å². The lowest BCUT2D eigenvalue weighted by atomic mass is 9.98. The van der Waals surface area contributed by atoms with Crippen molar-refractivity contribution in [2.24, 2.45) is 5.92 Å². The topological polar surface area (TPSA) is 69.5 Å². The van der Waals surface area contributed by atoms with Crippen molar-refractivity contribution in [1.82, 2.24) is 19.8 Å². The second-order valence-corrected chi connectivity index (χ2v) is 7.14. The Morgan fingerprint density at radius 3 is 2.55 bits per heavy atom. The van der Waals surface area contributed by atoms with Gasteiger partial charge in [0, 0.05) is 31.4 Å². The van der Waals surface area contributed by atoms with E-state index in [2.05, 4.69) is 10.1 Å². The largest absolute Gasteiger partial charge is 0.415 e. The summed E-state index contributed by atoms with van der Waals surface area (Å²) in [4.78, 5) is 25.6. The molecule has 1 aromatic carbocycles. The number of piperidine rings is 1. The molecule has 7 nitrogen and oxygen atoms in total. The molecular weight excluding hydrogens is 368 g/mol. The molecule has 1 fully saturated rings. The third-order valence-electron chi connectivity index (χ3n) is 5.04. The molecule has 1 saturated heterocycles. The average Bonchev–Trinajstić information content (AvgIpc) is 3.28. The highest BCUT2D eigenvalue weighted by Crippen LogP contribution is 2.20. The Morgan fingerprint density at radius 1 is 1.03 bits per heavy atom. The fourth-order valence-corrected chi connectivity index (χ4v) is 3.35. The van der Waals surface area contributed by atoms with Crippen LogP contribution in [0.25, 0.3) is 0 Å². The van der Waals surface area contributed by atoms with Crippen molar-refractivity contribution in [3.8, 4) is 5.75 Å².